The number of hydrogen-bond donors (Lipinski definition) is 1. The summed E-state index contributed by atoms with van der Waals surface area (Å²) in [5.41, 5.74) is 0. The maximum atomic E-state index is 9.19. The van der Waals surface area contributed by atoms with Crippen LogP contribution in [0.5, 0.6) is 0 Å². The van der Waals surface area contributed by atoms with Crippen molar-refractivity contribution in [1.82, 2.24) is 4.90 Å². The highest BCUT2D eigenvalue weighted by atomic mass is 16.3. The zero-order chi connectivity index (χ0) is 8.27. The molecule has 11 heavy (non-hydrogen) atoms. The number of β-amino-alcohol motifs (C(OH)–C–C–N with tert-alkyl or cyclic N) is 1. The highest BCUT2D eigenvalue weighted by molar-refractivity contribution is 5.80. The van der Waals surface area contributed by atoms with Gasteiger partial charge in [-0.15, -0.1) is 0 Å². The van der Waals surface area contributed by atoms with Crippen molar-refractivity contribution >= 4 is 5.84 Å². The summed E-state index contributed by atoms with van der Waals surface area (Å²) in [6.45, 7) is 7.06. The van der Waals surface area contributed by atoms with Crippen LogP contribution in [-0.4, -0.2) is 35.0 Å². The van der Waals surface area contributed by atoms with Crippen molar-refractivity contribution in [3.05, 3.63) is 12.8 Å². The maximum absolute atomic E-state index is 9.19. The van der Waals surface area contributed by atoms with E-state index >= 15 is 0 Å². The Bertz CT molecular complexity index is 177. The van der Waals surface area contributed by atoms with Gasteiger partial charge in [0.05, 0.1) is 6.10 Å². The van der Waals surface area contributed by atoms with Crippen LogP contribution < -0.4 is 0 Å². The van der Waals surface area contributed by atoms with Crippen LogP contribution in [0, 0.1) is 0 Å². The summed E-state index contributed by atoms with van der Waals surface area (Å²) < 4.78 is 0. The first-order valence-electron chi connectivity index (χ1n) is 3.82. The topological polar surface area (TPSA) is 35.8 Å². The number of likely N-dealkylation sites (tertiary alicyclic amines) is 1. The summed E-state index contributed by atoms with van der Waals surface area (Å²) >= 11 is 0. The van der Waals surface area contributed by atoms with Crippen molar-refractivity contribution in [2.45, 2.75) is 19.4 Å². The molecule has 0 amide bonds. The molecule has 0 aliphatic carbocycles. The lowest BCUT2D eigenvalue weighted by Crippen LogP contribution is -2.26. The first-order chi connectivity index (χ1) is 5.24. The molecule has 0 radical (unpaired) electrons. The zero-order valence-electron chi connectivity index (χ0n) is 6.82. The highest BCUT2D eigenvalue weighted by Gasteiger charge is 2.20. The lowest BCUT2D eigenvalue weighted by molar-refractivity contribution is 0.188. The molecule has 1 aliphatic heterocycles. The Balaban J connectivity index is 2.49. The Morgan fingerprint density at radius 2 is 2.55 bits per heavy atom. The van der Waals surface area contributed by atoms with Gasteiger partial charge in [0.1, 0.15) is 5.84 Å². The summed E-state index contributed by atoms with van der Waals surface area (Å²) in [6.07, 6.45) is 2.20. The minimum absolute atomic E-state index is 0.176. The Hall–Kier alpha value is -0.830. The highest BCUT2D eigenvalue weighted by Crippen LogP contribution is 2.08. The van der Waals surface area contributed by atoms with Gasteiger partial charge in [0.15, 0.2) is 0 Å². The molecule has 1 saturated heterocycles. The number of nitrogens with zero attached hydrogens (tertiary/aromatic N) is 2. The molecule has 0 spiro atoms. The van der Waals surface area contributed by atoms with Crippen molar-refractivity contribution in [2.75, 3.05) is 13.1 Å². The van der Waals surface area contributed by atoms with Crippen LogP contribution in [0.2, 0.25) is 0 Å². The van der Waals surface area contributed by atoms with E-state index in [9.17, 15) is 5.11 Å². The van der Waals surface area contributed by atoms with E-state index in [0.717, 1.165) is 18.8 Å². The second-order valence-electron chi connectivity index (χ2n) is 2.75. The van der Waals surface area contributed by atoms with Crippen LogP contribution in [0.4, 0.5) is 0 Å². The predicted octanol–water partition coefficient (Wildman–Crippen LogP) is 0.615. The van der Waals surface area contributed by atoms with Crippen molar-refractivity contribution in [3.8, 4) is 0 Å². The van der Waals surface area contributed by atoms with Gasteiger partial charge in [-0.2, -0.15) is 0 Å². The minimum atomic E-state index is -0.176. The molecule has 0 aromatic rings. The fourth-order valence-electron chi connectivity index (χ4n) is 1.25. The molecule has 1 aliphatic rings. The molecular weight excluding hydrogens is 140 g/mol. The SMILES string of the molecule is C=C/N=C(\C)N1CC[C@@H](O)C1. The lowest BCUT2D eigenvalue weighted by Gasteiger charge is -2.15. The Kier molecular flexibility index (Phi) is 2.65. The Morgan fingerprint density at radius 1 is 1.82 bits per heavy atom. The molecule has 0 saturated carbocycles. The number of aliphatic hydroxyl groups is 1. The molecule has 0 aromatic carbocycles. The molecule has 1 rings (SSSR count). The Morgan fingerprint density at radius 3 is 3.00 bits per heavy atom. The largest absolute Gasteiger partial charge is 0.391 e. The van der Waals surface area contributed by atoms with Crippen LogP contribution in [0.15, 0.2) is 17.8 Å². The van der Waals surface area contributed by atoms with E-state index in [0.29, 0.717) is 6.54 Å². The van der Waals surface area contributed by atoms with Gasteiger partial charge in [-0.05, 0) is 13.3 Å². The van der Waals surface area contributed by atoms with Crippen LogP contribution in [0.25, 0.3) is 0 Å². The molecule has 0 unspecified atom stereocenters. The van der Waals surface area contributed by atoms with Crippen LogP contribution in [-0.2, 0) is 0 Å². The van der Waals surface area contributed by atoms with Gasteiger partial charge in [-0.1, -0.05) is 6.58 Å². The summed E-state index contributed by atoms with van der Waals surface area (Å²) in [4.78, 5) is 6.10. The monoisotopic (exact) mass is 154 g/mol. The molecular formula is C8H14N2O. The lowest BCUT2D eigenvalue weighted by atomic mass is 10.3. The molecule has 0 bridgehead atoms. The number of amidine groups is 1. The number of rotatable bonds is 1. The van der Waals surface area contributed by atoms with Crippen molar-refractivity contribution < 1.29 is 5.11 Å². The molecule has 1 fully saturated rings. The van der Waals surface area contributed by atoms with E-state index < -0.39 is 0 Å². The van der Waals surface area contributed by atoms with Gasteiger partial charge < -0.3 is 10.0 Å². The molecule has 3 nitrogen and oxygen atoms in total. The summed E-state index contributed by atoms with van der Waals surface area (Å²) in [6, 6.07) is 0. The smallest absolute Gasteiger partial charge is 0.101 e. The quantitative estimate of drug-likeness (QED) is 0.444. The zero-order valence-corrected chi connectivity index (χ0v) is 6.82. The van der Waals surface area contributed by atoms with Crippen LogP contribution in [0.1, 0.15) is 13.3 Å². The fraction of sp³-hybridized carbons (Fsp3) is 0.625. The van der Waals surface area contributed by atoms with Gasteiger partial charge in [-0.25, -0.2) is 4.99 Å². The molecule has 0 aromatic heterocycles. The van der Waals surface area contributed by atoms with E-state index in [4.69, 9.17) is 0 Å². The molecule has 62 valence electrons. The molecule has 1 heterocycles. The average Bonchev–Trinajstić information content (AvgIpc) is 2.36. The first-order valence-corrected chi connectivity index (χ1v) is 3.82. The van der Waals surface area contributed by atoms with E-state index in [2.05, 4.69) is 16.5 Å². The van der Waals surface area contributed by atoms with E-state index in [1.54, 1.807) is 0 Å². The minimum Gasteiger partial charge on any atom is -0.391 e. The summed E-state index contributed by atoms with van der Waals surface area (Å²) in [7, 11) is 0. The molecule has 3 heteroatoms. The van der Waals surface area contributed by atoms with Crippen LogP contribution in [0.3, 0.4) is 0 Å². The van der Waals surface area contributed by atoms with Crippen molar-refractivity contribution in [3.63, 3.8) is 0 Å². The van der Waals surface area contributed by atoms with Crippen LogP contribution >= 0.6 is 0 Å². The third kappa shape index (κ3) is 2.05. The third-order valence-electron chi connectivity index (χ3n) is 1.90. The van der Waals surface area contributed by atoms with Crippen molar-refractivity contribution in [2.24, 2.45) is 4.99 Å². The second kappa shape index (κ2) is 3.53. The fourth-order valence-corrected chi connectivity index (χ4v) is 1.25. The predicted molar refractivity (Wildman–Crippen MR) is 45.5 cm³/mol. The number of aliphatic imine (C=N–C) groups is 1. The van der Waals surface area contributed by atoms with Gasteiger partial charge in [0, 0.05) is 19.3 Å². The van der Waals surface area contributed by atoms with Gasteiger partial charge in [-0.3, -0.25) is 0 Å². The molecule has 1 N–H and O–H groups in total. The van der Waals surface area contributed by atoms with E-state index in [1.165, 1.54) is 6.20 Å². The summed E-state index contributed by atoms with van der Waals surface area (Å²) in [5, 5.41) is 9.19. The number of aliphatic hydroxyl groups excluding tert-OH is 1. The molecule has 1 atom stereocenters. The van der Waals surface area contributed by atoms with E-state index in [-0.39, 0.29) is 6.10 Å². The van der Waals surface area contributed by atoms with E-state index in [1.807, 2.05) is 6.92 Å². The maximum Gasteiger partial charge on any atom is 0.101 e. The average molecular weight is 154 g/mol. The third-order valence-corrected chi connectivity index (χ3v) is 1.90. The number of hydrogen-bond acceptors (Lipinski definition) is 2. The second-order valence-corrected chi connectivity index (χ2v) is 2.75. The van der Waals surface area contributed by atoms with Gasteiger partial charge in [0.2, 0.25) is 0 Å². The van der Waals surface area contributed by atoms with Crippen molar-refractivity contribution in [1.29, 1.82) is 0 Å². The van der Waals surface area contributed by atoms with Gasteiger partial charge >= 0.3 is 0 Å². The van der Waals surface area contributed by atoms with Gasteiger partial charge in [0.25, 0.3) is 0 Å². The summed E-state index contributed by atoms with van der Waals surface area (Å²) in [5.74, 6) is 0.941. The standard InChI is InChI=1S/C8H14N2O/c1-3-9-7(2)10-5-4-8(11)6-10/h3,8,11H,1,4-6H2,2H3/b9-7+/t8-/m1/s1. The Labute approximate surface area is 67.0 Å². The normalized spacial score (nSPS) is 25.8. The first kappa shape index (κ1) is 8.27.